The standard InChI is InChI=1S/C14H12FN3O/c15-10-2-1-3-13(6-10)19-9-12-8-17-14-7-11(16)4-5-18(12)14/h1-8H,9,16H2. The number of rotatable bonds is 3. The molecule has 0 aliphatic rings. The third-order valence-corrected chi connectivity index (χ3v) is 2.80. The molecule has 0 saturated heterocycles. The van der Waals surface area contributed by atoms with Crippen molar-refractivity contribution in [1.82, 2.24) is 9.38 Å². The zero-order valence-electron chi connectivity index (χ0n) is 10.1. The van der Waals surface area contributed by atoms with Gasteiger partial charge in [0.15, 0.2) is 0 Å². The lowest BCUT2D eigenvalue weighted by Gasteiger charge is -2.06. The van der Waals surface area contributed by atoms with Gasteiger partial charge in [0.1, 0.15) is 23.8 Å². The van der Waals surface area contributed by atoms with Crippen LogP contribution in [-0.2, 0) is 6.61 Å². The molecule has 0 radical (unpaired) electrons. The number of nitrogen functional groups attached to an aromatic ring is 1. The summed E-state index contributed by atoms with van der Waals surface area (Å²) in [6.07, 6.45) is 3.55. The average Bonchev–Trinajstić information content (AvgIpc) is 2.78. The van der Waals surface area contributed by atoms with E-state index in [1.165, 1.54) is 12.1 Å². The van der Waals surface area contributed by atoms with Crippen LogP contribution in [0.4, 0.5) is 10.1 Å². The SMILES string of the molecule is Nc1ccn2c(COc3cccc(F)c3)cnc2c1. The molecule has 4 nitrogen and oxygen atoms in total. The fraction of sp³-hybridized carbons (Fsp3) is 0.0714. The van der Waals surface area contributed by atoms with E-state index in [1.807, 2.05) is 10.6 Å². The van der Waals surface area contributed by atoms with Crippen LogP contribution < -0.4 is 10.5 Å². The molecule has 19 heavy (non-hydrogen) atoms. The van der Waals surface area contributed by atoms with E-state index >= 15 is 0 Å². The first-order valence-electron chi connectivity index (χ1n) is 5.82. The molecule has 0 fully saturated rings. The molecule has 0 aliphatic heterocycles. The fourth-order valence-electron chi connectivity index (χ4n) is 1.87. The Balaban J connectivity index is 1.82. The van der Waals surface area contributed by atoms with E-state index in [4.69, 9.17) is 10.5 Å². The van der Waals surface area contributed by atoms with Gasteiger partial charge in [-0.15, -0.1) is 0 Å². The third kappa shape index (κ3) is 2.35. The zero-order valence-corrected chi connectivity index (χ0v) is 10.1. The maximum atomic E-state index is 13.0. The number of benzene rings is 1. The van der Waals surface area contributed by atoms with Crippen molar-refractivity contribution in [1.29, 1.82) is 0 Å². The number of hydrogen-bond acceptors (Lipinski definition) is 3. The Hall–Kier alpha value is -2.56. The Kier molecular flexibility index (Phi) is 2.79. The number of halogens is 1. The highest BCUT2D eigenvalue weighted by Gasteiger charge is 2.04. The summed E-state index contributed by atoms with van der Waals surface area (Å²) in [5, 5.41) is 0. The van der Waals surface area contributed by atoms with Gasteiger partial charge in [-0.3, -0.25) is 0 Å². The summed E-state index contributed by atoms with van der Waals surface area (Å²) < 4.78 is 20.4. The predicted octanol–water partition coefficient (Wildman–Crippen LogP) is 2.63. The number of nitrogens with zero attached hydrogens (tertiary/aromatic N) is 2. The Morgan fingerprint density at radius 3 is 3.00 bits per heavy atom. The van der Waals surface area contributed by atoms with E-state index in [0.717, 1.165) is 11.3 Å². The van der Waals surface area contributed by atoms with E-state index < -0.39 is 0 Å². The number of ether oxygens (including phenoxy) is 1. The zero-order chi connectivity index (χ0) is 13.2. The Labute approximate surface area is 109 Å². The predicted molar refractivity (Wildman–Crippen MR) is 70.3 cm³/mol. The van der Waals surface area contributed by atoms with Gasteiger partial charge in [-0.05, 0) is 18.2 Å². The lowest BCUT2D eigenvalue weighted by atomic mass is 10.3. The van der Waals surface area contributed by atoms with Crippen LogP contribution in [0, 0.1) is 5.82 Å². The van der Waals surface area contributed by atoms with Crippen LogP contribution in [0.2, 0.25) is 0 Å². The van der Waals surface area contributed by atoms with Crippen molar-refractivity contribution in [2.24, 2.45) is 0 Å². The number of fused-ring (bicyclic) bond motifs is 1. The number of aromatic nitrogens is 2. The monoisotopic (exact) mass is 257 g/mol. The van der Waals surface area contributed by atoms with Gasteiger partial charge >= 0.3 is 0 Å². The topological polar surface area (TPSA) is 52.5 Å². The maximum Gasteiger partial charge on any atom is 0.139 e. The summed E-state index contributed by atoms with van der Waals surface area (Å²) in [5.41, 5.74) is 7.99. The molecule has 0 bridgehead atoms. The largest absolute Gasteiger partial charge is 0.487 e. The third-order valence-electron chi connectivity index (χ3n) is 2.80. The number of pyridine rings is 1. The molecule has 3 aromatic rings. The number of nitrogens with two attached hydrogens (primary N) is 1. The molecule has 0 saturated carbocycles. The van der Waals surface area contributed by atoms with Gasteiger partial charge in [0, 0.05) is 24.0 Å². The minimum atomic E-state index is -0.316. The van der Waals surface area contributed by atoms with Gasteiger partial charge in [-0.2, -0.15) is 0 Å². The second kappa shape index (κ2) is 4.61. The highest BCUT2D eigenvalue weighted by atomic mass is 19.1. The van der Waals surface area contributed by atoms with Crippen molar-refractivity contribution in [2.75, 3.05) is 5.73 Å². The van der Waals surface area contributed by atoms with Gasteiger partial charge < -0.3 is 14.9 Å². The van der Waals surface area contributed by atoms with Crippen LogP contribution in [0.25, 0.3) is 5.65 Å². The molecule has 0 aliphatic carbocycles. The number of anilines is 1. The summed E-state index contributed by atoms with van der Waals surface area (Å²) in [7, 11) is 0. The number of imidazole rings is 1. The van der Waals surface area contributed by atoms with Crippen molar-refractivity contribution in [3.05, 3.63) is 60.3 Å². The van der Waals surface area contributed by atoms with Crippen LogP contribution in [0.5, 0.6) is 5.75 Å². The Morgan fingerprint density at radius 2 is 2.16 bits per heavy atom. The quantitative estimate of drug-likeness (QED) is 0.784. The molecule has 0 atom stereocenters. The van der Waals surface area contributed by atoms with Gasteiger partial charge in [-0.1, -0.05) is 6.07 Å². The smallest absolute Gasteiger partial charge is 0.139 e. The van der Waals surface area contributed by atoms with Crippen LogP contribution in [0.15, 0.2) is 48.8 Å². The van der Waals surface area contributed by atoms with Crippen LogP contribution in [0.3, 0.4) is 0 Å². The summed E-state index contributed by atoms with van der Waals surface area (Å²) in [5.74, 6) is 0.175. The molecule has 3 rings (SSSR count). The molecule has 0 spiro atoms. The van der Waals surface area contributed by atoms with E-state index in [9.17, 15) is 4.39 Å². The molecule has 2 N–H and O–H groups in total. The van der Waals surface area contributed by atoms with E-state index in [1.54, 1.807) is 30.5 Å². The molecule has 5 heteroatoms. The first-order chi connectivity index (χ1) is 9.22. The summed E-state index contributed by atoms with van der Waals surface area (Å²) in [6.45, 7) is 0.314. The number of hydrogen-bond donors (Lipinski definition) is 1. The Morgan fingerprint density at radius 1 is 1.26 bits per heavy atom. The van der Waals surface area contributed by atoms with Gasteiger partial charge in [0.25, 0.3) is 0 Å². The van der Waals surface area contributed by atoms with Crippen molar-refractivity contribution >= 4 is 11.3 Å². The van der Waals surface area contributed by atoms with E-state index in [0.29, 0.717) is 18.0 Å². The minimum Gasteiger partial charge on any atom is -0.487 e. The average molecular weight is 257 g/mol. The maximum absolute atomic E-state index is 13.0. The summed E-state index contributed by atoms with van der Waals surface area (Å²) >= 11 is 0. The molecule has 0 amide bonds. The van der Waals surface area contributed by atoms with Gasteiger partial charge in [0.05, 0.1) is 11.9 Å². The first kappa shape index (κ1) is 11.5. The highest BCUT2D eigenvalue weighted by molar-refractivity contribution is 5.52. The molecular formula is C14H12FN3O. The molecule has 1 aromatic carbocycles. The molecular weight excluding hydrogens is 245 g/mol. The normalized spacial score (nSPS) is 10.8. The van der Waals surface area contributed by atoms with E-state index in [-0.39, 0.29) is 5.82 Å². The van der Waals surface area contributed by atoms with Crippen LogP contribution >= 0.6 is 0 Å². The van der Waals surface area contributed by atoms with Gasteiger partial charge in [0.2, 0.25) is 0 Å². The van der Waals surface area contributed by atoms with Gasteiger partial charge in [-0.25, -0.2) is 9.37 Å². The summed E-state index contributed by atoms with van der Waals surface area (Å²) in [6, 6.07) is 9.63. The molecule has 2 aromatic heterocycles. The molecule has 96 valence electrons. The second-order valence-corrected chi connectivity index (χ2v) is 4.18. The Bertz CT molecular complexity index is 724. The molecule has 0 unspecified atom stereocenters. The lowest BCUT2D eigenvalue weighted by molar-refractivity contribution is 0.298. The highest BCUT2D eigenvalue weighted by Crippen LogP contribution is 2.16. The first-order valence-corrected chi connectivity index (χ1v) is 5.82. The lowest BCUT2D eigenvalue weighted by Crippen LogP contribution is -2.00. The molecule has 2 heterocycles. The van der Waals surface area contributed by atoms with Crippen LogP contribution in [-0.4, -0.2) is 9.38 Å². The van der Waals surface area contributed by atoms with Crippen molar-refractivity contribution in [3.8, 4) is 5.75 Å². The van der Waals surface area contributed by atoms with Crippen molar-refractivity contribution in [3.63, 3.8) is 0 Å². The van der Waals surface area contributed by atoms with Crippen LogP contribution in [0.1, 0.15) is 5.69 Å². The van der Waals surface area contributed by atoms with Crippen molar-refractivity contribution < 1.29 is 9.13 Å². The second-order valence-electron chi connectivity index (χ2n) is 4.18. The minimum absolute atomic E-state index is 0.314. The van der Waals surface area contributed by atoms with E-state index in [2.05, 4.69) is 4.98 Å². The summed E-state index contributed by atoms with van der Waals surface area (Å²) in [4.78, 5) is 4.24. The van der Waals surface area contributed by atoms with Crippen molar-refractivity contribution in [2.45, 2.75) is 6.61 Å². The fourth-order valence-corrected chi connectivity index (χ4v) is 1.87.